The van der Waals surface area contributed by atoms with E-state index in [4.69, 9.17) is 9.52 Å². The molecule has 4 heteroatoms. The summed E-state index contributed by atoms with van der Waals surface area (Å²) >= 11 is 0. The standard InChI is InChI=1S/C17H17NO3/c1-11-6-7-14(5-4-8-19)16(9-11)18-17(20)15-10-12(2)21-13(15)3/h6-7,9-10,19H,8H2,1-3H3,(H,18,20). The number of benzene rings is 1. The summed E-state index contributed by atoms with van der Waals surface area (Å²) in [5.41, 5.74) is 2.81. The van der Waals surface area contributed by atoms with Crippen LogP contribution >= 0.6 is 0 Å². The summed E-state index contributed by atoms with van der Waals surface area (Å²) in [6.45, 7) is 5.27. The van der Waals surface area contributed by atoms with Crippen molar-refractivity contribution in [2.45, 2.75) is 20.8 Å². The first-order valence-electron chi connectivity index (χ1n) is 6.60. The van der Waals surface area contributed by atoms with Gasteiger partial charge in [0.25, 0.3) is 5.91 Å². The van der Waals surface area contributed by atoms with Gasteiger partial charge in [0.1, 0.15) is 18.1 Å². The molecule has 1 aromatic heterocycles. The lowest BCUT2D eigenvalue weighted by atomic mass is 10.1. The third-order valence-corrected chi connectivity index (χ3v) is 3.01. The van der Waals surface area contributed by atoms with Crippen molar-refractivity contribution in [3.8, 4) is 11.8 Å². The molecule has 0 atom stereocenters. The third-order valence-electron chi connectivity index (χ3n) is 3.01. The fourth-order valence-corrected chi connectivity index (χ4v) is 2.05. The second kappa shape index (κ2) is 6.29. The van der Waals surface area contributed by atoms with Crippen molar-refractivity contribution < 1.29 is 14.3 Å². The summed E-state index contributed by atoms with van der Waals surface area (Å²) in [4.78, 5) is 12.3. The molecule has 0 bridgehead atoms. The van der Waals surface area contributed by atoms with E-state index in [0.29, 0.717) is 28.3 Å². The SMILES string of the molecule is Cc1ccc(C#CCO)c(NC(=O)c2cc(C)oc2C)c1. The number of aliphatic hydroxyl groups excluding tert-OH is 1. The second-order valence-electron chi connectivity index (χ2n) is 4.79. The predicted octanol–water partition coefficient (Wildman–Crippen LogP) is 2.80. The van der Waals surface area contributed by atoms with Gasteiger partial charge in [0.2, 0.25) is 0 Å². The number of carbonyl (C=O) groups excluding carboxylic acids is 1. The van der Waals surface area contributed by atoms with E-state index in [-0.39, 0.29) is 12.5 Å². The highest BCUT2D eigenvalue weighted by atomic mass is 16.3. The number of furan rings is 1. The Balaban J connectivity index is 2.32. The van der Waals surface area contributed by atoms with Crippen LogP contribution in [0.2, 0.25) is 0 Å². The van der Waals surface area contributed by atoms with Crippen LogP contribution in [0.15, 0.2) is 28.7 Å². The smallest absolute Gasteiger partial charge is 0.259 e. The van der Waals surface area contributed by atoms with E-state index in [0.717, 1.165) is 5.56 Å². The molecule has 0 saturated carbocycles. The molecule has 0 fully saturated rings. The maximum atomic E-state index is 12.3. The van der Waals surface area contributed by atoms with Crippen molar-refractivity contribution in [3.05, 3.63) is 52.5 Å². The quantitative estimate of drug-likeness (QED) is 0.833. The maximum absolute atomic E-state index is 12.3. The first-order valence-corrected chi connectivity index (χ1v) is 6.60. The summed E-state index contributed by atoms with van der Waals surface area (Å²) in [5, 5.41) is 11.6. The first kappa shape index (κ1) is 14.9. The molecule has 0 aliphatic rings. The van der Waals surface area contributed by atoms with Crippen molar-refractivity contribution in [2.24, 2.45) is 0 Å². The zero-order chi connectivity index (χ0) is 15.4. The minimum atomic E-state index is -0.234. The number of aliphatic hydroxyl groups is 1. The van der Waals surface area contributed by atoms with Gasteiger partial charge in [-0.3, -0.25) is 4.79 Å². The summed E-state index contributed by atoms with van der Waals surface area (Å²) in [7, 11) is 0. The number of hydrogen-bond donors (Lipinski definition) is 2. The largest absolute Gasteiger partial charge is 0.466 e. The molecular formula is C17H17NO3. The highest BCUT2D eigenvalue weighted by Gasteiger charge is 2.14. The lowest BCUT2D eigenvalue weighted by Gasteiger charge is -2.08. The van der Waals surface area contributed by atoms with Gasteiger partial charge in [0.15, 0.2) is 0 Å². The minimum Gasteiger partial charge on any atom is -0.466 e. The van der Waals surface area contributed by atoms with E-state index in [1.807, 2.05) is 25.1 Å². The van der Waals surface area contributed by atoms with Crippen LogP contribution < -0.4 is 5.32 Å². The molecule has 4 nitrogen and oxygen atoms in total. The van der Waals surface area contributed by atoms with Crippen molar-refractivity contribution in [1.82, 2.24) is 0 Å². The third kappa shape index (κ3) is 3.53. The number of aryl methyl sites for hydroxylation is 3. The molecule has 2 rings (SSSR count). The Morgan fingerprint density at radius 2 is 2.05 bits per heavy atom. The van der Waals surface area contributed by atoms with Crippen LogP contribution in [-0.4, -0.2) is 17.6 Å². The van der Waals surface area contributed by atoms with Crippen molar-refractivity contribution in [2.75, 3.05) is 11.9 Å². The van der Waals surface area contributed by atoms with E-state index in [1.165, 1.54) is 0 Å². The summed E-state index contributed by atoms with van der Waals surface area (Å²) in [6.07, 6.45) is 0. The van der Waals surface area contributed by atoms with E-state index in [9.17, 15) is 4.79 Å². The summed E-state index contributed by atoms with van der Waals surface area (Å²) in [6, 6.07) is 7.28. The Labute approximate surface area is 123 Å². The van der Waals surface area contributed by atoms with Crippen LogP contribution in [0.4, 0.5) is 5.69 Å². The Morgan fingerprint density at radius 3 is 2.67 bits per heavy atom. The Kier molecular flexibility index (Phi) is 4.46. The Hall–Kier alpha value is -2.51. The lowest BCUT2D eigenvalue weighted by Crippen LogP contribution is -2.13. The van der Waals surface area contributed by atoms with Crippen LogP contribution in [0.25, 0.3) is 0 Å². The number of hydrogen-bond acceptors (Lipinski definition) is 3. The minimum absolute atomic E-state index is 0.221. The van der Waals surface area contributed by atoms with E-state index in [2.05, 4.69) is 17.2 Å². The van der Waals surface area contributed by atoms with Gasteiger partial charge >= 0.3 is 0 Å². The molecule has 21 heavy (non-hydrogen) atoms. The molecule has 0 aliphatic heterocycles. The van der Waals surface area contributed by atoms with Gasteiger partial charge in [-0.05, 0) is 44.5 Å². The average molecular weight is 283 g/mol. The average Bonchev–Trinajstić information content (AvgIpc) is 2.77. The maximum Gasteiger partial charge on any atom is 0.259 e. The van der Waals surface area contributed by atoms with Crippen LogP contribution in [0, 0.1) is 32.6 Å². The first-order chi connectivity index (χ1) is 10.0. The van der Waals surface area contributed by atoms with E-state index in [1.54, 1.807) is 19.9 Å². The highest BCUT2D eigenvalue weighted by Crippen LogP contribution is 2.20. The Morgan fingerprint density at radius 1 is 1.29 bits per heavy atom. The predicted molar refractivity (Wildman–Crippen MR) is 81.3 cm³/mol. The van der Waals surface area contributed by atoms with Gasteiger partial charge in [-0.15, -0.1) is 0 Å². The van der Waals surface area contributed by atoms with Crippen LogP contribution in [0.5, 0.6) is 0 Å². The van der Waals surface area contributed by atoms with Crippen molar-refractivity contribution >= 4 is 11.6 Å². The summed E-state index contributed by atoms with van der Waals surface area (Å²) < 4.78 is 5.37. The van der Waals surface area contributed by atoms with E-state index >= 15 is 0 Å². The van der Waals surface area contributed by atoms with Crippen LogP contribution in [0.3, 0.4) is 0 Å². The topological polar surface area (TPSA) is 62.5 Å². The molecule has 0 radical (unpaired) electrons. The number of carbonyl (C=O) groups is 1. The van der Waals surface area contributed by atoms with Crippen molar-refractivity contribution in [3.63, 3.8) is 0 Å². The number of amides is 1. The van der Waals surface area contributed by atoms with Gasteiger partial charge in [0, 0.05) is 5.56 Å². The Bertz CT molecular complexity index is 732. The fourth-order valence-electron chi connectivity index (χ4n) is 2.05. The fraction of sp³-hybridized carbons (Fsp3) is 0.235. The van der Waals surface area contributed by atoms with Crippen molar-refractivity contribution in [1.29, 1.82) is 0 Å². The molecule has 0 aliphatic carbocycles. The monoisotopic (exact) mass is 283 g/mol. The number of anilines is 1. The highest BCUT2D eigenvalue weighted by molar-refractivity contribution is 6.05. The molecule has 2 N–H and O–H groups in total. The zero-order valence-corrected chi connectivity index (χ0v) is 12.3. The van der Waals surface area contributed by atoms with Crippen LogP contribution in [-0.2, 0) is 0 Å². The van der Waals surface area contributed by atoms with Gasteiger partial charge in [-0.25, -0.2) is 0 Å². The molecule has 0 unspecified atom stereocenters. The van der Waals surface area contributed by atoms with Gasteiger partial charge in [0.05, 0.1) is 11.3 Å². The molecular weight excluding hydrogens is 266 g/mol. The molecule has 1 aromatic carbocycles. The lowest BCUT2D eigenvalue weighted by molar-refractivity contribution is 0.102. The number of nitrogens with one attached hydrogen (secondary N) is 1. The van der Waals surface area contributed by atoms with Crippen LogP contribution in [0.1, 0.15) is 33.0 Å². The number of rotatable bonds is 2. The van der Waals surface area contributed by atoms with Gasteiger partial charge in [-0.1, -0.05) is 17.9 Å². The van der Waals surface area contributed by atoms with Gasteiger partial charge < -0.3 is 14.8 Å². The zero-order valence-electron chi connectivity index (χ0n) is 12.3. The van der Waals surface area contributed by atoms with Gasteiger partial charge in [-0.2, -0.15) is 0 Å². The molecule has 108 valence electrons. The molecule has 0 spiro atoms. The molecule has 1 heterocycles. The second-order valence-corrected chi connectivity index (χ2v) is 4.79. The molecule has 0 saturated heterocycles. The molecule has 2 aromatic rings. The molecule has 1 amide bonds. The summed E-state index contributed by atoms with van der Waals surface area (Å²) in [5.74, 6) is 6.46. The normalized spacial score (nSPS) is 9.90. The van der Waals surface area contributed by atoms with E-state index < -0.39 is 0 Å².